The number of hydrogen-bond donors (Lipinski definition) is 1. The number of aromatic amines is 1. The Hall–Kier alpha value is -3.75. The van der Waals surface area contributed by atoms with Crippen molar-refractivity contribution >= 4 is 26.9 Å². The summed E-state index contributed by atoms with van der Waals surface area (Å²) in [6.45, 7) is 3.85. The Kier molecular flexibility index (Phi) is 7.14. The van der Waals surface area contributed by atoms with Crippen molar-refractivity contribution in [2.75, 3.05) is 6.61 Å². The van der Waals surface area contributed by atoms with E-state index in [1.54, 1.807) is 13.0 Å². The highest BCUT2D eigenvalue weighted by Crippen LogP contribution is 2.22. The molecule has 0 aliphatic heterocycles. The van der Waals surface area contributed by atoms with E-state index in [4.69, 9.17) is 4.74 Å². The molecule has 0 amide bonds. The third kappa shape index (κ3) is 5.50. The van der Waals surface area contributed by atoms with Crippen molar-refractivity contribution < 1.29 is 17.9 Å². The van der Waals surface area contributed by atoms with Crippen LogP contribution in [-0.2, 0) is 27.8 Å². The lowest BCUT2D eigenvalue weighted by molar-refractivity contribution is 0.0526. The van der Waals surface area contributed by atoms with Gasteiger partial charge in [-0.3, -0.25) is 4.79 Å². The van der Waals surface area contributed by atoms with Gasteiger partial charge in [0.1, 0.15) is 0 Å². The van der Waals surface area contributed by atoms with E-state index < -0.39 is 16.0 Å². The van der Waals surface area contributed by atoms with Crippen molar-refractivity contribution in [3.8, 4) is 0 Å². The molecule has 0 radical (unpaired) electrons. The monoisotopic (exact) mass is 490 g/mol. The molecule has 0 fully saturated rings. The Balaban J connectivity index is 1.73. The molecular formula is C27H26N2O5S. The van der Waals surface area contributed by atoms with Gasteiger partial charge in [0.25, 0.3) is 5.56 Å². The summed E-state index contributed by atoms with van der Waals surface area (Å²) in [5, 5.41) is 0.829. The fourth-order valence-corrected chi connectivity index (χ4v) is 5.22. The number of rotatable bonds is 8. The van der Waals surface area contributed by atoms with Crippen LogP contribution in [0.2, 0.25) is 0 Å². The second-order valence-electron chi connectivity index (χ2n) is 8.22. The second kappa shape index (κ2) is 10.2. The minimum Gasteiger partial charge on any atom is -0.462 e. The number of hydrogen-bond acceptors (Lipinski definition) is 5. The highest BCUT2D eigenvalue weighted by Gasteiger charge is 2.26. The van der Waals surface area contributed by atoms with Crippen molar-refractivity contribution in [1.29, 1.82) is 0 Å². The van der Waals surface area contributed by atoms with Gasteiger partial charge in [-0.15, -0.1) is 0 Å². The highest BCUT2D eigenvalue weighted by molar-refractivity contribution is 7.89. The maximum atomic E-state index is 13.7. The van der Waals surface area contributed by atoms with Crippen LogP contribution in [0.1, 0.15) is 34.0 Å². The lowest BCUT2D eigenvalue weighted by Gasteiger charge is -2.22. The average molecular weight is 491 g/mol. The number of carbonyl (C=O) groups excluding carboxylic acids is 1. The molecule has 0 saturated heterocycles. The number of aromatic nitrogens is 1. The smallest absolute Gasteiger partial charge is 0.338 e. The summed E-state index contributed by atoms with van der Waals surface area (Å²) in [7, 11) is -4.00. The summed E-state index contributed by atoms with van der Waals surface area (Å²) in [6, 6.07) is 22.2. The first-order chi connectivity index (χ1) is 16.8. The van der Waals surface area contributed by atoms with Gasteiger partial charge in [-0.1, -0.05) is 42.0 Å². The number of ether oxygens (including phenoxy) is 1. The molecule has 0 unspecified atom stereocenters. The average Bonchev–Trinajstić information content (AvgIpc) is 2.85. The third-order valence-corrected chi connectivity index (χ3v) is 7.43. The Morgan fingerprint density at radius 2 is 1.66 bits per heavy atom. The van der Waals surface area contributed by atoms with E-state index in [1.807, 2.05) is 55.5 Å². The maximum absolute atomic E-state index is 13.7. The quantitative estimate of drug-likeness (QED) is 0.369. The first-order valence-corrected chi connectivity index (χ1v) is 12.7. The maximum Gasteiger partial charge on any atom is 0.338 e. The van der Waals surface area contributed by atoms with Crippen molar-refractivity contribution in [3.05, 3.63) is 111 Å². The number of aryl methyl sites for hydroxylation is 1. The van der Waals surface area contributed by atoms with Crippen molar-refractivity contribution in [1.82, 2.24) is 9.29 Å². The molecule has 0 aliphatic rings. The third-order valence-electron chi connectivity index (χ3n) is 5.63. The van der Waals surface area contributed by atoms with Gasteiger partial charge in [0.05, 0.1) is 17.1 Å². The Morgan fingerprint density at radius 1 is 0.943 bits per heavy atom. The molecule has 0 saturated carbocycles. The van der Waals surface area contributed by atoms with Crippen LogP contribution in [0, 0.1) is 6.92 Å². The van der Waals surface area contributed by atoms with E-state index >= 15 is 0 Å². The molecule has 7 nitrogen and oxygen atoms in total. The van der Waals surface area contributed by atoms with Crippen LogP contribution in [0.4, 0.5) is 0 Å². The molecule has 8 heteroatoms. The normalized spacial score (nSPS) is 11.6. The Labute approximate surface area is 204 Å². The van der Waals surface area contributed by atoms with Gasteiger partial charge in [0.2, 0.25) is 10.0 Å². The van der Waals surface area contributed by atoms with Gasteiger partial charge in [0.15, 0.2) is 0 Å². The summed E-state index contributed by atoms with van der Waals surface area (Å²) in [6.07, 6.45) is 0. The Morgan fingerprint density at radius 3 is 2.34 bits per heavy atom. The van der Waals surface area contributed by atoms with Crippen molar-refractivity contribution in [2.24, 2.45) is 0 Å². The summed E-state index contributed by atoms with van der Waals surface area (Å²) in [4.78, 5) is 27.7. The van der Waals surface area contributed by atoms with E-state index in [2.05, 4.69) is 4.98 Å². The zero-order chi connectivity index (χ0) is 25.0. The number of nitrogens with one attached hydrogen (secondary N) is 1. The van der Waals surface area contributed by atoms with E-state index in [1.165, 1.54) is 28.6 Å². The van der Waals surface area contributed by atoms with Crippen LogP contribution in [0.5, 0.6) is 0 Å². The lowest BCUT2D eigenvalue weighted by Crippen LogP contribution is -2.32. The van der Waals surface area contributed by atoms with Gasteiger partial charge in [-0.2, -0.15) is 4.31 Å². The summed E-state index contributed by atoms with van der Waals surface area (Å²) >= 11 is 0. The van der Waals surface area contributed by atoms with E-state index in [0.29, 0.717) is 11.1 Å². The number of H-pyrrole nitrogens is 1. The van der Waals surface area contributed by atoms with Gasteiger partial charge in [0, 0.05) is 24.2 Å². The van der Waals surface area contributed by atoms with E-state index in [9.17, 15) is 18.0 Å². The predicted octanol–water partition coefficient (Wildman–Crippen LogP) is 4.40. The molecule has 1 heterocycles. The molecule has 0 spiro atoms. The molecule has 0 aliphatic carbocycles. The number of carbonyl (C=O) groups is 1. The molecule has 4 aromatic rings. The van der Waals surface area contributed by atoms with Crippen LogP contribution < -0.4 is 5.56 Å². The topological polar surface area (TPSA) is 96.5 Å². The highest BCUT2D eigenvalue weighted by atomic mass is 32.2. The first-order valence-electron chi connectivity index (χ1n) is 11.2. The van der Waals surface area contributed by atoms with Gasteiger partial charge >= 0.3 is 5.97 Å². The van der Waals surface area contributed by atoms with Crippen LogP contribution in [0.3, 0.4) is 0 Å². The minimum absolute atomic E-state index is 0.0227. The molecular weight excluding hydrogens is 464 g/mol. The van der Waals surface area contributed by atoms with Gasteiger partial charge in [-0.25, -0.2) is 13.2 Å². The molecule has 180 valence electrons. The minimum atomic E-state index is -4.00. The number of esters is 1. The van der Waals surface area contributed by atoms with Crippen LogP contribution in [0.25, 0.3) is 10.9 Å². The van der Waals surface area contributed by atoms with Crippen LogP contribution in [0.15, 0.2) is 88.6 Å². The largest absolute Gasteiger partial charge is 0.462 e. The number of benzene rings is 3. The Bertz CT molecular complexity index is 1510. The van der Waals surface area contributed by atoms with Gasteiger partial charge < -0.3 is 9.72 Å². The fraction of sp³-hybridized carbons (Fsp3) is 0.185. The standard InChI is InChI=1S/C27H26N2O5S/c1-3-34-27(31)21-10-12-24(13-11-21)35(32,33)29(17-20-7-5-4-6-8-20)18-23-16-22-15-19(2)9-14-25(22)28-26(23)30/h4-16H,3,17-18H2,1-2H3,(H,28,30). The van der Waals surface area contributed by atoms with E-state index in [0.717, 1.165) is 16.5 Å². The number of nitrogens with zero attached hydrogens (tertiary/aromatic N) is 1. The van der Waals surface area contributed by atoms with E-state index in [-0.39, 0.29) is 35.7 Å². The summed E-state index contributed by atoms with van der Waals surface area (Å²) < 4.78 is 33.6. The fourth-order valence-electron chi connectivity index (χ4n) is 3.82. The van der Waals surface area contributed by atoms with Crippen molar-refractivity contribution in [3.63, 3.8) is 0 Å². The molecule has 35 heavy (non-hydrogen) atoms. The van der Waals surface area contributed by atoms with Crippen LogP contribution >= 0.6 is 0 Å². The number of fused-ring (bicyclic) bond motifs is 1. The molecule has 0 atom stereocenters. The molecule has 0 bridgehead atoms. The SMILES string of the molecule is CCOC(=O)c1ccc(S(=O)(=O)N(Cc2ccccc2)Cc2cc3cc(C)ccc3[nH]c2=O)cc1. The molecule has 1 aromatic heterocycles. The predicted molar refractivity (Wildman–Crippen MR) is 135 cm³/mol. The zero-order valence-corrected chi connectivity index (χ0v) is 20.3. The first kappa shape index (κ1) is 24.4. The van der Waals surface area contributed by atoms with Crippen LogP contribution in [-0.4, -0.2) is 30.3 Å². The zero-order valence-electron chi connectivity index (χ0n) is 19.5. The lowest BCUT2D eigenvalue weighted by atomic mass is 10.1. The summed E-state index contributed by atoms with van der Waals surface area (Å²) in [5.74, 6) is -0.518. The second-order valence-corrected chi connectivity index (χ2v) is 10.2. The number of sulfonamides is 1. The molecule has 3 aromatic carbocycles. The van der Waals surface area contributed by atoms with Gasteiger partial charge in [-0.05, 0) is 67.3 Å². The number of pyridine rings is 1. The summed E-state index contributed by atoms with van der Waals surface area (Å²) in [5.41, 5.74) is 2.77. The van der Waals surface area contributed by atoms with Crippen molar-refractivity contribution in [2.45, 2.75) is 31.8 Å². The molecule has 1 N–H and O–H groups in total. The molecule has 4 rings (SSSR count).